The maximum atomic E-state index is 12.2. The average molecular weight is 277 g/mol. The highest BCUT2D eigenvalue weighted by Gasteiger charge is 2.24. The number of nitrogens with one attached hydrogen (secondary N) is 1. The van der Waals surface area contributed by atoms with Gasteiger partial charge >= 0.3 is 0 Å². The summed E-state index contributed by atoms with van der Waals surface area (Å²) in [4.78, 5) is 22.6. The summed E-state index contributed by atoms with van der Waals surface area (Å²) in [6.07, 6.45) is 3.90. The number of aryl methyl sites for hydroxylation is 1. The normalized spacial score (nSPS) is 22.3. The third kappa shape index (κ3) is 3.14. The smallest absolute Gasteiger partial charge is 0.273 e. The Balaban J connectivity index is 2.13. The molecule has 0 aliphatic heterocycles. The van der Waals surface area contributed by atoms with Gasteiger partial charge < -0.3 is 11.1 Å². The van der Waals surface area contributed by atoms with Gasteiger partial charge in [-0.2, -0.15) is 0 Å². The molecule has 1 aromatic rings. The molecule has 0 aromatic heterocycles. The first-order valence-corrected chi connectivity index (χ1v) is 6.80. The van der Waals surface area contributed by atoms with E-state index >= 15 is 0 Å². The van der Waals surface area contributed by atoms with Crippen LogP contribution in [-0.2, 0) is 0 Å². The minimum atomic E-state index is -0.474. The number of nitro groups is 1. The lowest BCUT2D eigenvalue weighted by atomic mass is 9.91. The Bertz CT molecular complexity index is 530. The van der Waals surface area contributed by atoms with Crippen molar-refractivity contribution in [3.63, 3.8) is 0 Å². The van der Waals surface area contributed by atoms with Crippen LogP contribution >= 0.6 is 0 Å². The van der Waals surface area contributed by atoms with Crippen LogP contribution in [-0.4, -0.2) is 22.9 Å². The molecule has 2 rings (SSSR count). The van der Waals surface area contributed by atoms with Crippen LogP contribution in [0.5, 0.6) is 0 Å². The molecule has 0 bridgehead atoms. The van der Waals surface area contributed by atoms with Crippen LogP contribution in [0.15, 0.2) is 18.2 Å². The van der Waals surface area contributed by atoms with Gasteiger partial charge in [-0.15, -0.1) is 0 Å². The summed E-state index contributed by atoms with van der Waals surface area (Å²) in [5, 5.41) is 13.8. The molecule has 1 fully saturated rings. The number of hydrogen-bond acceptors (Lipinski definition) is 4. The molecule has 0 radical (unpaired) electrons. The molecule has 20 heavy (non-hydrogen) atoms. The number of nitrogens with two attached hydrogens (primary N) is 1. The van der Waals surface area contributed by atoms with Crippen molar-refractivity contribution in [3.05, 3.63) is 39.4 Å². The lowest BCUT2D eigenvalue weighted by Gasteiger charge is -2.29. The van der Waals surface area contributed by atoms with E-state index in [0.717, 1.165) is 25.7 Å². The Morgan fingerprint density at radius 1 is 1.40 bits per heavy atom. The predicted octanol–water partition coefficient (Wildman–Crippen LogP) is 1.90. The Kier molecular flexibility index (Phi) is 4.34. The second kappa shape index (κ2) is 6.00. The van der Waals surface area contributed by atoms with E-state index in [2.05, 4.69) is 5.32 Å². The maximum Gasteiger partial charge on any atom is 0.273 e. The molecule has 1 saturated carbocycles. The fraction of sp³-hybridized carbons (Fsp3) is 0.500. The standard InChI is InChI=1S/C14H19N3O3/c1-9-6-7-10(8-13(9)17(19)20)14(18)16-12-5-3-2-4-11(12)15/h6-8,11-12H,2-5,15H2,1H3,(H,16,18)/t11-,12-/m1/s1. The molecule has 3 N–H and O–H groups in total. The zero-order valence-electron chi connectivity index (χ0n) is 11.5. The van der Waals surface area contributed by atoms with Crippen molar-refractivity contribution in [3.8, 4) is 0 Å². The zero-order chi connectivity index (χ0) is 14.7. The number of carbonyl (C=O) groups is 1. The SMILES string of the molecule is Cc1ccc(C(=O)N[C@@H]2CCCC[C@H]2N)cc1[N+](=O)[O-]. The van der Waals surface area contributed by atoms with Crippen molar-refractivity contribution in [1.29, 1.82) is 0 Å². The molecule has 0 saturated heterocycles. The third-order valence-corrected chi connectivity index (χ3v) is 3.80. The van der Waals surface area contributed by atoms with Crippen molar-refractivity contribution in [1.82, 2.24) is 5.32 Å². The number of hydrogen-bond donors (Lipinski definition) is 2. The van der Waals surface area contributed by atoms with Crippen LogP contribution in [0.2, 0.25) is 0 Å². The molecule has 1 amide bonds. The summed E-state index contributed by atoms with van der Waals surface area (Å²) in [6.45, 7) is 1.65. The van der Waals surface area contributed by atoms with Gasteiger partial charge in [0, 0.05) is 29.3 Å². The van der Waals surface area contributed by atoms with Gasteiger partial charge in [0.1, 0.15) is 0 Å². The molecule has 6 heteroatoms. The second-order valence-electron chi connectivity index (χ2n) is 5.29. The highest BCUT2D eigenvalue weighted by Crippen LogP contribution is 2.21. The van der Waals surface area contributed by atoms with Gasteiger partial charge in [0.05, 0.1) is 4.92 Å². The Labute approximate surface area is 117 Å². The van der Waals surface area contributed by atoms with Gasteiger partial charge in [-0.1, -0.05) is 18.9 Å². The summed E-state index contributed by atoms with van der Waals surface area (Å²) < 4.78 is 0. The molecule has 2 atom stereocenters. The molecule has 1 aromatic carbocycles. The van der Waals surface area contributed by atoms with Crippen LogP contribution in [0.4, 0.5) is 5.69 Å². The van der Waals surface area contributed by atoms with Gasteiger partial charge in [-0.25, -0.2) is 0 Å². The summed E-state index contributed by atoms with van der Waals surface area (Å²) in [6, 6.07) is 4.43. The minimum Gasteiger partial charge on any atom is -0.348 e. The second-order valence-corrected chi connectivity index (χ2v) is 5.29. The molecule has 1 aliphatic rings. The molecule has 0 unspecified atom stereocenters. The summed E-state index contributed by atoms with van der Waals surface area (Å²) in [5.74, 6) is -0.296. The first-order chi connectivity index (χ1) is 9.49. The van der Waals surface area contributed by atoms with E-state index < -0.39 is 4.92 Å². The fourth-order valence-corrected chi connectivity index (χ4v) is 2.54. The van der Waals surface area contributed by atoms with Crippen LogP contribution < -0.4 is 11.1 Å². The molecular weight excluding hydrogens is 258 g/mol. The van der Waals surface area contributed by atoms with E-state index in [0.29, 0.717) is 11.1 Å². The van der Waals surface area contributed by atoms with Gasteiger partial charge in [0.25, 0.3) is 11.6 Å². The topological polar surface area (TPSA) is 98.3 Å². The van der Waals surface area contributed by atoms with Gasteiger partial charge in [-0.3, -0.25) is 14.9 Å². The van der Waals surface area contributed by atoms with Crippen molar-refractivity contribution >= 4 is 11.6 Å². The minimum absolute atomic E-state index is 0.0341. The van der Waals surface area contributed by atoms with Crippen molar-refractivity contribution in [2.75, 3.05) is 0 Å². The van der Waals surface area contributed by atoms with Gasteiger partial charge in [0.15, 0.2) is 0 Å². The van der Waals surface area contributed by atoms with Crippen molar-refractivity contribution < 1.29 is 9.72 Å². The molecule has 0 spiro atoms. The van der Waals surface area contributed by atoms with Gasteiger partial charge in [-0.05, 0) is 25.8 Å². The Morgan fingerprint density at radius 2 is 2.10 bits per heavy atom. The molecule has 0 heterocycles. The van der Waals surface area contributed by atoms with E-state index in [1.54, 1.807) is 19.1 Å². The van der Waals surface area contributed by atoms with E-state index in [9.17, 15) is 14.9 Å². The number of benzene rings is 1. The predicted molar refractivity (Wildman–Crippen MR) is 75.5 cm³/mol. The van der Waals surface area contributed by atoms with E-state index in [-0.39, 0.29) is 23.7 Å². The van der Waals surface area contributed by atoms with Crippen LogP contribution in [0.3, 0.4) is 0 Å². The van der Waals surface area contributed by atoms with Crippen LogP contribution in [0, 0.1) is 17.0 Å². The summed E-state index contributed by atoms with van der Waals surface area (Å²) in [5.41, 5.74) is 6.80. The summed E-state index contributed by atoms with van der Waals surface area (Å²) in [7, 11) is 0. The third-order valence-electron chi connectivity index (χ3n) is 3.80. The number of nitrogens with zero attached hydrogens (tertiary/aromatic N) is 1. The average Bonchev–Trinajstić information content (AvgIpc) is 2.41. The first-order valence-electron chi connectivity index (χ1n) is 6.80. The van der Waals surface area contributed by atoms with E-state index in [1.165, 1.54) is 6.07 Å². The quantitative estimate of drug-likeness (QED) is 0.651. The van der Waals surface area contributed by atoms with Crippen molar-refractivity contribution in [2.45, 2.75) is 44.7 Å². The number of rotatable bonds is 3. The first kappa shape index (κ1) is 14.5. The lowest BCUT2D eigenvalue weighted by molar-refractivity contribution is -0.385. The highest BCUT2D eigenvalue weighted by molar-refractivity contribution is 5.95. The highest BCUT2D eigenvalue weighted by atomic mass is 16.6. The molecular formula is C14H19N3O3. The number of nitro benzene ring substituents is 1. The van der Waals surface area contributed by atoms with E-state index in [1.807, 2.05) is 0 Å². The maximum absolute atomic E-state index is 12.2. The fourth-order valence-electron chi connectivity index (χ4n) is 2.54. The Hall–Kier alpha value is -1.95. The van der Waals surface area contributed by atoms with Crippen LogP contribution in [0.25, 0.3) is 0 Å². The monoisotopic (exact) mass is 277 g/mol. The molecule has 108 valence electrons. The number of amides is 1. The Morgan fingerprint density at radius 3 is 2.75 bits per heavy atom. The number of carbonyl (C=O) groups excluding carboxylic acids is 1. The van der Waals surface area contributed by atoms with Gasteiger partial charge in [0.2, 0.25) is 0 Å². The van der Waals surface area contributed by atoms with E-state index in [4.69, 9.17) is 5.73 Å². The zero-order valence-corrected chi connectivity index (χ0v) is 11.5. The summed E-state index contributed by atoms with van der Waals surface area (Å²) >= 11 is 0. The molecule has 1 aliphatic carbocycles. The lowest BCUT2D eigenvalue weighted by Crippen LogP contribution is -2.49. The largest absolute Gasteiger partial charge is 0.348 e. The van der Waals surface area contributed by atoms with Crippen LogP contribution in [0.1, 0.15) is 41.6 Å². The van der Waals surface area contributed by atoms with Crippen molar-refractivity contribution in [2.24, 2.45) is 5.73 Å². The molecule has 6 nitrogen and oxygen atoms in total.